The second-order valence-electron chi connectivity index (χ2n) is 6.28. The Morgan fingerprint density at radius 1 is 1.33 bits per heavy atom. The zero-order valence-corrected chi connectivity index (χ0v) is 11.8. The SMILES string of the molecule is CC(=N)C(C)(O)[C@H]1C[C@H](NC(=O)OC(C)(C)C)C1. The highest BCUT2D eigenvalue weighted by molar-refractivity contribution is 5.87. The van der Waals surface area contributed by atoms with Gasteiger partial charge in [0.05, 0.1) is 0 Å². The van der Waals surface area contributed by atoms with Gasteiger partial charge in [-0.25, -0.2) is 4.79 Å². The van der Waals surface area contributed by atoms with Gasteiger partial charge in [0.15, 0.2) is 0 Å². The number of rotatable bonds is 3. The summed E-state index contributed by atoms with van der Waals surface area (Å²) in [6, 6.07) is 0.0377. The Labute approximate surface area is 108 Å². The molecule has 1 atom stereocenters. The maximum atomic E-state index is 11.5. The molecule has 1 aliphatic rings. The summed E-state index contributed by atoms with van der Waals surface area (Å²) < 4.78 is 5.16. The van der Waals surface area contributed by atoms with Gasteiger partial charge in [0.2, 0.25) is 0 Å². The summed E-state index contributed by atoms with van der Waals surface area (Å²) in [5.74, 6) is 0.0370. The van der Waals surface area contributed by atoms with E-state index < -0.39 is 17.3 Å². The Hall–Kier alpha value is -1.10. The summed E-state index contributed by atoms with van der Waals surface area (Å²) in [5, 5.41) is 20.4. The van der Waals surface area contributed by atoms with Crippen molar-refractivity contribution >= 4 is 11.8 Å². The molecule has 5 nitrogen and oxygen atoms in total. The molecule has 104 valence electrons. The van der Waals surface area contributed by atoms with Crippen LogP contribution in [0, 0.1) is 11.3 Å². The fourth-order valence-electron chi connectivity index (χ4n) is 1.98. The molecule has 1 unspecified atom stereocenters. The largest absolute Gasteiger partial charge is 0.444 e. The first-order valence-electron chi connectivity index (χ1n) is 6.30. The third kappa shape index (κ3) is 3.70. The standard InChI is InChI=1S/C13H24N2O3/c1-8(14)13(5,17)9-6-10(7-9)15-11(16)18-12(2,3)4/h9-10,14,17H,6-7H2,1-5H3,(H,15,16)/t9-,10-,13?. The minimum Gasteiger partial charge on any atom is -0.444 e. The second kappa shape index (κ2) is 4.88. The van der Waals surface area contributed by atoms with Gasteiger partial charge in [-0.2, -0.15) is 0 Å². The average Bonchev–Trinajstić information content (AvgIpc) is 2.06. The van der Waals surface area contributed by atoms with E-state index in [-0.39, 0.29) is 17.7 Å². The average molecular weight is 256 g/mol. The molecule has 1 rings (SSSR count). The molecule has 0 spiro atoms. The molecule has 0 bridgehead atoms. The van der Waals surface area contributed by atoms with E-state index in [0.717, 1.165) is 0 Å². The number of carbonyl (C=O) groups excluding carboxylic acids is 1. The highest BCUT2D eigenvalue weighted by atomic mass is 16.6. The van der Waals surface area contributed by atoms with Gasteiger partial charge in [-0.3, -0.25) is 0 Å². The third-order valence-electron chi connectivity index (χ3n) is 3.41. The summed E-state index contributed by atoms with van der Waals surface area (Å²) >= 11 is 0. The first-order valence-corrected chi connectivity index (χ1v) is 6.30. The monoisotopic (exact) mass is 256 g/mol. The zero-order chi connectivity index (χ0) is 14.1. The molecule has 0 aromatic carbocycles. The van der Waals surface area contributed by atoms with Crippen molar-refractivity contribution in [3.63, 3.8) is 0 Å². The number of nitrogens with one attached hydrogen (secondary N) is 2. The van der Waals surface area contributed by atoms with Crippen LogP contribution in [0.1, 0.15) is 47.5 Å². The maximum Gasteiger partial charge on any atom is 0.407 e. The van der Waals surface area contributed by atoms with Gasteiger partial charge >= 0.3 is 6.09 Å². The summed E-state index contributed by atoms with van der Waals surface area (Å²) in [4.78, 5) is 11.5. The van der Waals surface area contributed by atoms with Crippen LogP contribution in [0.15, 0.2) is 0 Å². The van der Waals surface area contributed by atoms with Crippen LogP contribution in [0.2, 0.25) is 0 Å². The number of alkyl carbamates (subject to hydrolysis) is 1. The Kier molecular flexibility index (Phi) is 4.05. The lowest BCUT2D eigenvalue weighted by molar-refractivity contribution is 0.000205. The molecule has 1 aliphatic carbocycles. The minimum atomic E-state index is -1.06. The van der Waals surface area contributed by atoms with Crippen molar-refractivity contribution < 1.29 is 14.6 Å². The molecule has 1 saturated carbocycles. The van der Waals surface area contributed by atoms with E-state index in [1.807, 2.05) is 20.8 Å². The lowest BCUT2D eigenvalue weighted by Crippen LogP contribution is -2.55. The summed E-state index contributed by atoms with van der Waals surface area (Å²) in [5.41, 5.74) is -1.29. The van der Waals surface area contributed by atoms with Crippen LogP contribution in [-0.4, -0.2) is 34.2 Å². The summed E-state index contributed by atoms with van der Waals surface area (Å²) in [7, 11) is 0. The van der Waals surface area contributed by atoms with Crippen LogP contribution >= 0.6 is 0 Å². The van der Waals surface area contributed by atoms with Crippen molar-refractivity contribution in [3.05, 3.63) is 0 Å². The molecule has 3 N–H and O–H groups in total. The molecule has 18 heavy (non-hydrogen) atoms. The Morgan fingerprint density at radius 3 is 2.22 bits per heavy atom. The van der Waals surface area contributed by atoms with Gasteiger partial charge in [-0.1, -0.05) is 0 Å². The van der Waals surface area contributed by atoms with Crippen LogP contribution in [0.3, 0.4) is 0 Å². The molecular weight excluding hydrogens is 232 g/mol. The summed E-state index contributed by atoms with van der Waals surface area (Å²) in [6.45, 7) is 8.72. The number of carbonyl (C=O) groups is 1. The van der Waals surface area contributed by atoms with Crippen LogP contribution in [0.25, 0.3) is 0 Å². The topological polar surface area (TPSA) is 82.4 Å². The highest BCUT2D eigenvalue weighted by Gasteiger charge is 2.43. The molecular formula is C13H24N2O3. The molecule has 0 aromatic rings. The zero-order valence-electron chi connectivity index (χ0n) is 11.8. The van der Waals surface area contributed by atoms with E-state index in [4.69, 9.17) is 10.1 Å². The van der Waals surface area contributed by atoms with E-state index in [1.54, 1.807) is 13.8 Å². The van der Waals surface area contributed by atoms with Crippen molar-refractivity contribution in [3.8, 4) is 0 Å². The molecule has 1 amide bonds. The normalized spacial score (nSPS) is 26.8. The smallest absolute Gasteiger partial charge is 0.407 e. The van der Waals surface area contributed by atoms with Crippen molar-refractivity contribution in [1.82, 2.24) is 5.32 Å². The van der Waals surface area contributed by atoms with Gasteiger partial charge in [-0.15, -0.1) is 0 Å². The fourth-order valence-corrected chi connectivity index (χ4v) is 1.98. The number of amides is 1. The van der Waals surface area contributed by atoms with E-state index in [9.17, 15) is 9.90 Å². The van der Waals surface area contributed by atoms with Gasteiger partial charge < -0.3 is 20.6 Å². The molecule has 0 radical (unpaired) electrons. The third-order valence-corrected chi connectivity index (χ3v) is 3.41. The predicted octanol–water partition coefficient (Wildman–Crippen LogP) is 2.08. The fraction of sp³-hybridized carbons (Fsp3) is 0.846. The maximum absolute atomic E-state index is 11.5. The predicted molar refractivity (Wildman–Crippen MR) is 69.9 cm³/mol. The molecule has 0 aliphatic heterocycles. The second-order valence-corrected chi connectivity index (χ2v) is 6.28. The van der Waals surface area contributed by atoms with E-state index >= 15 is 0 Å². The quantitative estimate of drug-likeness (QED) is 0.676. The number of hydrogen-bond acceptors (Lipinski definition) is 4. The molecule has 0 saturated heterocycles. The van der Waals surface area contributed by atoms with Gasteiger partial charge in [0, 0.05) is 11.8 Å². The van der Waals surface area contributed by atoms with Crippen LogP contribution in [0.5, 0.6) is 0 Å². The van der Waals surface area contributed by atoms with Crippen LogP contribution < -0.4 is 5.32 Å². The van der Waals surface area contributed by atoms with Crippen molar-refractivity contribution in [1.29, 1.82) is 5.41 Å². The molecule has 5 heteroatoms. The molecule has 0 heterocycles. The van der Waals surface area contributed by atoms with E-state index in [1.165, 1.54) is 0 Å². The molecule has 0 aromatic heterocycles. The van der Waals surface area contributed by atoms with E-state index in [2.05, 4.69) is 5.32 Å². The van der Waals surface area contributed by atoms with Crippen molar-refractivity contribution in [2.75, 3.05) is 0 Å². The van der Waals surface area contributed by atoms with Crippen molar-refractivity contribution in [2.45, 2.75) is 64.7 Å². The Balaban J connectivity index is 2.36. The van der Waals surface area contributed by atoms with Crippen LogP contribution in [0.4, 0.5) is 4.79 Å². The highest BCUT2D eigenvalue weighted by Crippen LogP contribution is 2.37. The number of ether oxygens (including phenoxy) is 1. The van der Waals surface area contributed by atoms with Gasteiger partial charge in [-0.05, 0) is 53.4 Å². The number of aliphatic hydroxyl groups is 1. The van der Waals surface area contributed by atoms with E-state index in [0.29, 0.717) is 12.8 Å². The van der Waals surface area contributed by atoms with Crippen molar-refractivity contribution in [2.24, 2.45) is 5.92 Å². The Morgan fingerprint density at radius 2 is 1.83 bits per heavy atom. The van der Waals surface area contributed by atoms with Crippen LogP contribution in [-0.2, 0) is 4.74 Å². The Bertz CT molecular complexity index is 339. The summed E-state index contributed by atoms with van der Waals surface area (Å²) in [6.07, 6.45) is 0.947. The number of hydrogen-bond donors (Lipinski definition) is 3. The first kappa shape index (κ1) is 15.0. The lowest BCUT2D eigenvalue weighted by atomic mass is 9.69. The van der Waals surface area contributed by atoms with Gasteiger partial charge in [0.1, 0.15) is 11.2 Å². The molecule has 1 fully saturated rings. The van der Waals surface area contributed by atoms with Gasteiger partial charge in [0.25, 0.3) is 0 Å². The lowest BCUT2D eigenvalue weighted by Gasteiger charge is -2.44. The minimum absolute atomic E-state index is 0.0370. The first-order chi connectivity index (χ1) is 8.02.